The lowest BCUT2D eigenvalue weighted by Gasteiger charge is -2.09. The van der Waals surface area contributed by atoms with E-state index < -0.39 is 0 Å². The Kier molecular flexibility index (Phi) is 4.32. The molecule has 1 atom stereocenters. The molecule has 1 aromatic heterocycles. The molecule has 1 aromatic carbocycles. The van der Waals surface area contributed by atoms with E-state index in [1.165, 1.54) is 12.8 Å². The molecule has 3 rings (SSSR count). The van der Waals surface area contributed by atoms with E-state index in [-0.39, 0.29) is 6.04 Å². The SMILES string of the molecule is COc1ccc2nc(SCCC(C#N)NC3CC3)[nH]c2c1. The molecule has 0 saturated heterocycles. The molecule has 1 heterocycles. The predicted octanol–water partition coefficient (Wildman–Crippen LogP) is 2.70. The third-order valence-corrected chi connectivity index (χ3v) is 4.39. The normalized spacial score (nSPS) is 15.8. The van der Waals surface area contributed by atoms with Crippen molar-refractivity contribution in [2.75, 3.05) is 12.9 Å². The molecule has 1 aliphatic rings. The number of aromatic amines is 1. The molecule has 2 aromatic rings. The van der Waals surface area contributed by atoms with Gasteiger partial charge in [-0.25, -0.2) is 4.98 Å². The second-order valence-electron chi connectivity index (χ2n) is 5.18. The van der Waals surface area contributed by atoms with Crippen molar-refractivity contribution in [1.29, 1.82) is 5.26 Å². The number of hydrogen-bond donors (Lipinski definition) is 2. The van der Waals surface area contributed by atoms with Crippen LogP contribution in [0.15, 0.2) is 23.4 Å². The summed E-state index contributed by atoms with van der Waals surface area (Å²) in [6, 6.07) is 8.65. The minimum atomic E-state index is -0.0468. The number of methoxy groups -OCH3 is 1. The predicted molar refractivity (Wildman–Crippen MR) is 83.5 cm³/mol. The Balaban J connectivity index is 1.56. The standard InChI is InChI=1S/C15H18N4OS/c1-20-12-4-5-13-14(8-12)19-15(18-13)21-7-6-11(9-16)17-10-2-3-10/h4-5,8,10-11,17H,2-3,6-7H2,1H3,(H,18,19). The number of H-pyrrole nitrogens is 1. The van der Waals surface area contributed by atoms with Crippen molar-refractivity contribution in [2.45, 2.75) is 36.5 Å². The Morgan fingerprint density at radius 2 is 2.43 bits per heavy atom. The first kappa shape index (κ1) is 14.2. The number of fused-ring (bicyclic) bond motifs is 1. The summed E-state index contributed by atoms with van der Waals surface area (Å²) < 4.78 is 5.20. The highest BCUT2D eigenvalue weighted by atomic mass is 32.2. The largest absolute Gasteiger partial charge is 0.497 e. The number of thioether (sulfide) groups is 1. The number of aromatic nitrogens is 2. The molecule has 1 unspecified atom stereocenters. The summed E-state index contributed by atoms with van der Waals surface area (Å²) in [6.45, 7) is 0. The molecular formula is C15H18N4OS. The summed E-state index contributed by atoms with van der Waals surface area (Å²) in [6.07, 6.45) is 3.24. The highest BCUT2D eigenvalue weighted by Crippen LogP contribution is 2.24. The van der Waals surface area contributed by atoms with Gasteiger partial charge in [0.25, 0.3) is 0 Å². The van der Waals surface area contributed by atoms with Gasteiger partial charge in [-0.3, -0.25) is 5.32 Å². The molecule has 1 fully saturated rings. The van der Waals surface area contributed by atoms with Crippen molar-refractivity contribution in [3.8, 4) is 11.8 Å². The van der Waals surface area contributed by atoms with Crippen LogP contribution in [-0.4, -0.2) is 34.9 Å². The van der Waals surface area contributed by atoms with E-state index in [0.29, 0.717) is 6.04 Å². The zero-order chi connectivity index (χ0) is 14.7. The summed E-state index contributed by atoms with van der Waals surface area (Å²) >= 11 is 1.65. The van der Waals surface area contributed by atoms with Gasteiger partial charge < -0.3 is 9.72 Å². The van der Waals surface area contributed by atoms with Gasteiger partial charge in [0.1, 0.15) is 5.75 Å². The summed E-state index contributed by atoms with van der Waals surface area (Å²) in [5.41, 5.74) is 1.91. The molecule has 1 aliphatic carbocycles. The monoisotopic (exact) mass is 302 g/mol. The van der Waals surface area contributed by atoms with Crippen LogP contribution in [0.25, 0.3) is 11.0 Å². The van der Waals surface area contributed by atoms with Gasteiger partial charge in [-0.2, -0.15) is 5.26 Å². The second-order valence-corrected chi connectivity index (χ2v) is 6.27. The van der Waals surface area contributed by atoms with E-state index in [0.717, 1.165) is 34.1 Å². The molecule has 6 heteroatoms. The van der Waals surface area contributed by atoms with E-state index in [9.17, 15) is 0 Å². The van der Waals surface area contributed by atoms with Gasteiger partial charge in [-0.1, -0.05) is 11.8 Å². The van der Waals surface area contributed by atoms with E-state index >= 15 is 0 Å². The summed E-state index contributed by atoms with van der Waals surface area (Å²) in [5, 5.41) is 13.3. The molecule has 0 aliphatic heterocycles. The Hall–Kier alpha value is -1.71. The fourth-order valence-corrected chi connectivity index (χ4v) is 3.05. The van der Waals surface area contributed by atoms with Crippen molar-refractivity contribution in [1.82, 2.24) is 15.3 Å². The van der Waals surface area contributed by atoms with E-state index in [2.05, 4.69) is 21.4 Å². The molecule has 0 spiro atoms. The van der Waals surface area contributed by atoms with Crippen LogP contribution in [0, 0.1) is 11.3 Å². The molecule has 5 nitrogen and oxygen atoms in total. The molecule has 21 heavy (non-hydrogen) atoms. The quantitative estimate of drug-likeness (QED) is 0.769. The van der Waals surface area contributed by atoms with Crippen LogP contribution in [0.1, 0.15) is 19.3 Å². The molecule has 0 amide bonds. The van der Waals surface area contributed by atoms with Crippen LogP contribution in [0.3, 0.4) is 0 Å². The number of hydrogen-bond acceptors (Lipinski definition) is 5. The maximum absolute atomic E-state index is 9.11. The number of nitrogens with zero attached hydrogens (tertiary/aromatic N) is 2. The summed E-state index contributed by atoms with van der Waals surface area (Å²) in [4.78, 5) is 7.82. The van der Waals surface area contributed by atoms with Gasteiger partial charge in [0.2, 0.25) is 0 Å². The van der Waals surface area contributed by atoms with Crippen LogP contribution < -0.4 is 10.1 Å². The molecule has 1 saturated carbocycles. The van der Waals surface area contributed by atoms with Gasteiger partial charge in [-0.05, 0) is 31.4 Å². The van der Waals surface area contributed by atoms with Crippen LogP contribution in [0.4, 0.5) is 0 Å². The van der Waals surface area contributed by atoms with Crippen LogP contribution in [0.5, 0.6) is 5.75 Å². The third-order valence-electron chi connectivity index (χ3n) is 3.48. The molecule has 110 valence electrons. The zero-order valence-electron chi connectivity index (χ0n) is 11.9. The molecule has 2 N–H and O–H groups in total. The van der Waals surface area contributed by atoms with Gasteiger partial charge in [-0.15, -0.1) is 0 Å². The van der Waals surface area contributed by atoms with Crippen molar-refractivity contribution >= 4 is 22.8 Å². The second kappa shape index (κ2) is 6.37. The topological polar surface area (TPSA) is 73.7 Å². The van der Waals surface area contributed by atoms with Gasteiger partial charge in [0.05, 0.1) is 30.3 Å². The number of nitriles is 1. The minimum Gasteiger partial charge on any atom is -0.497 e. The van der Waals surface area contributed by atoms with Gasteiger partial charge in [0.15, 0.2) is 5.16 Å². The lowest BCUT2D eigenvalue weighted by Crippen LogP contribution is -2.29. The Labute approximate surface area is 128 Å². The maximum atomic E-state index is 9.11. The Morgan fingerprint density at radius 3 is 3.14 bits per heavy atom. The lowest BCUT2D eigenvalue weighted by atomic mass is 10.2. The minimum absolute atomic E-state index is 0.0468. The van der Waals surface area contributed by atoms with Gasteiger partial charge in [0, 0.05) is 17.9 Å². The van der Waals surface area contributed by atoms with E-state index in [4.69, 9.17) is 10.00 Å². The first-order chi connectivity index (χ1) is 10.3. The first-order valence-electron chi connectivity index (χ1n) is 7.10. The van der Waals surface area contributed by atoms with Crippen molar-refractivity contribution in [3.63, 3.8) is 0 Å². The Morgan fingerprint density at radius 1 is 1.57 bits per heavy atom. The van der Waals surface area contributed by atoms with Crippen LogP contribution >= 0.6 is 11.8 Å². The molecular weight excluding hydrogens is 284 g/mol. The smallest absolute Gasteiger partial charge is 0.166 e. The third kappa shape index (κ3) is 3.69. The number of ether oxygens (including phenoxy) is 1. The summed E-state index contributed by atoms with van der Waals surface area (Å²) in [7, 11) is 1.65. The molecule has 0 radical (unpaired) electrons. The number of benzene rings is 1. The fraction of sp³-hybridized carbons (Fsp3) is 0.467. The maximum Gasteiger partial charge on any atom is 0.166 e. The number of imidazole rings is 1. The average molecular weight is 302 g/mol. The fourth-order valence-electron chi connectivity index (χ4n) is 2.15. The van der Waals surface area contributed by atoms with Gasteiger partial charge >= 0.3 is 0 Å². The van der Waals surface area contributed by atoms with Crippen molar-refractivity contribution in [2.24, 2.45) is 0 Å². The van der Waals surface area contributed by atoms with Crippen LogP contribution in [-0.2, 0) is 0 Å². The number of rotatable bonds is 7. The highest BCUT2D eigenvalue weighted by Gasteiger charge is 2.24. The Bertz CT molecular complexity index is 659. The lowest BCUT2D eigenvalue weighted by molar-refractivity contribution is 0.415. The summed E-state index contributed by atoms with van der Waals surface area (Å²) in [5.74, 6) is 1.69. The molecule has 0 bridgehead atoms. The van der Waals surface area contributed by atoms with Crippen molar-refractivity contribution in [3.05, 3.63) is 18.2 Å². The number of nitrogens with one attached hydrogen (secondary N) is 2. The van der Waals surface area contributed by atoms with E-state index in [1.807, 2.05) is 18.2 Å². The average Bonchev–Trinajstić information content (AvgIpc) is 3.23. The van der Waals surface area contributed by atoms with E-state index in [1.54, 1.807) is 18.9 Å². The van der Waals surface area contributed by atoms with Crippen molar-refractivity contribution < 1.29 is 4.74 Å². The zero-order valence-corrected chi connectivity index (χ0v) is 12.7. The first-order valence-corrected chi connectivity index (χ1v) is 8.09. The van der Waals surface area contributed by atoms with Crippen LogP contribution in [0.2, 0.25) is 0 Å². The highest BCUT2D eigenvalue weighted by molar-refractivity contribution is 7.99.